The molecule has 2 heterocycles. The maximum Gasteiger partial charge on any atom is 0.270 e. The van der Waals surface area contributed by atoms with Crippen molar-refractivity contribution >= 4 is 17.2 Å². The maximum atomic E-state index is 12.4. The summed E-state index contributed by atoms with van der Waals surface area (Å²) < 4.78 is 5.67. The molecule has 1 aromatic carbocycles. The van der Waals surface area contributed by atoms with Crippen LogP contribution in [0.3, 0.4) is 0 Å². The van der Waals surface area contributed by atoms with E-state index in [1.54, 1.807) is 0 Å². The van der Waals surface area contributed by atoms with Crippen LogP contribution in [0, 0.1) is 5.92 Å². The number of hydrogen-bond acceptors (Lipinski definition) is 5. The second-order valence-corrected chi connectivity index (χ2v) is 8.54. The summed E-state index contributed by atoms with van der Waals surface area (Å²) in [7, 11) is 0. The molecule has 1 saturated heterocycles. The number of likely N-dealkylation sites (tertiary alicyclic amines) is 1. The fraction of sp³-hybridized carbons (Fsp3) is 0.524. The molecular formula is C21H29N3O2S. The molecule has 1 amide bonds. The Kier molecular flexibility index (Phi) is 6.50. The van der Waals surface area contributed by atoms with E-state index in [1.807, 2.05) is 43.5 Å². The number of amides is 1. The van der Waals surface area contributed by atoms with Gasteiger partial charge in [0.15, 0.2) is 0 Å². The summed E-state index contributed by atoms with van der Waals surface area (Å²) in [5.74, 6) is 1.29. The van der Waals surface area contributed by atoms with Crippen LogP contribution in [0.2, 0.25) is 0 Å². The van der Waals surface area contributed by atoms with Crippen LogP contribution in [0.5, 0.6) is 5.75 Å². The molecule has 0 bridgehead atoms. The standard InChI is InChI=1S/C21H29N3O2S/c1-14(2)24-10-9-16(12-24)11-22-20(25)19-13-27-21(23-19)17-5-7-18(8-6-17)26-15(3)4/h5-8,13-16H,9-12H2,1-4H3,(H,22,25). The van der Waals surface area contributed by atoms with E-state index < -0.39 is 0 Å². The highest BCUT2D eigenvalue weighted by molar-refractivity contribution is 7.13. The lowest BCUT2D eigenvalue weighted by molar-refractivity contribution is 0.0943. The van der Waals surface area contributed by atoms with E-state index in [0.717, 1.165) is 42.4 Å². The summed E-state index contributed by atoms with van der Waals surface area (Å²) in [6.45, 7) is 11.4. The molecule has 1 N–H and O–H groups in total. The van der Waals surface area contributed by atoms with Gasteiger partial charge in [-0.3, -0.25) is 4.79 Å². The molecule has 0 spiro atoms. The van der Waals surface area contributed by atoms with Crippen molar-refractivity contribution in [1.29, 1.82) is 0 Å². The minimum Gasteiger partial charge on any atom is -0.491 e. The van der Waals surface area contributed by atoms with Crippen molar-refractivity contribution in [3.8, 4) is 16.3 Å². The van der Waals surface area contributed by atoms with Crippen molar-refractivity contribution < 1.29 is 9.53 Å². The average Bonchev–Trinajstić information content (AvgIpc) is 3.29. The highest BCUT2D eigenvalue weighted by Gasteiger charge is 2.24. The summed E-state index contributed by atoms with van der Waals surface area (Å²) in [6, 6.07) is 8.42. The number of aromatic nitrogens is 1. The summed E-state index contributed by atoms with van der Waals surface area (Å²) in [5, 5.41) is 5.74. The summed E-state index contributed by atoms with van der Waals surface area (Å²) in [5.41, 5.74) is 1.50. The van der Waals surface area contributed by atoms with E-state index in [4.69, 9.17) is 4.74 Å². The van der Waals surface area contributed by atoms with Crippen LogP contribution in [-0.4, -0.2) is 47.6 Å². The molecule has 0 saturated carbocycles. The van der Waals surface area contributed by atoms with E-state index >= 15 is 0 Å². The molecule has 1 fully saturated rings. The van der Waals surface area contributed by atoms with Crippen LogP contribution in [0.1, 0.15) is 44.6 Å². The number of hydrogen-bond donors (Lipinski definition) is 1. The maximum absolute atomic E-state index is 12.4. The quantitative estimate of drug-likeness (QED) is 0.778. The summed E-state index contributed by atoms with van der Waals surface area (Å²) in [4.78, 5) is 19.4. The Bertz CT molecular complexity index is 755. The smallest absolute Gasteiger partial charge is 0.270 e. The Labute approximate surface area is 165 Å². The lowest BCUT2D eigenvalue weighted by Crippen LogP contribution is -2.33. The predicted molar refractivity (Wildman–Crippen MR) is 110 cm³/mol. The first kappa shape index (κ1) is 19.8. The minimum atomic E-state index is -0.0831. The lowest BCUT2D eigenvalue weighted by Gasteiger charge is -2.20. The van der Waals surface area contributed by atoms with Crippen LogP contribution < -0.4 is 10.1 Å². The highest BCUT2D eigenvalue weighted by atomic mass is 32.1. The van der Waals surface area contributed by atoms with Crippen molar-refractivity contribution in [1.82, 2.24) is 15.2 Å². The fourth-order valence-corrected chi connectivity index (χ4v) is 4.09. The fourth-order valence-electron chi connectivity index (χ4n) is 3.28. The predicted octanol–water partition coefficient (Wildman–Crippen LogP) is 4.06. The van der Waals surface area contributed by atoms with Gasteiger partial charge in [-0.05, 0) is 70.8 Å². The molecule has 1 aromatic heterocycles. The second kappa shape index (κ2) is 8.85. The third-order valence-electron chi connectivity index (χ3n) is 4.81. The molecule has 2 aromatic rings. The van der Waals surface area contributed by atoms with Crippen molar-refractivity contribution in [2.45, 2.75) is 46.3 Å². The zero-order valence-corrected chi connectivity index (χ0v) is 17.4. The van der Waals surface area contributed by atoms with Crippen LogP contribution >= 0.6 is 11.3 Å². The third kappa shape index (κ3) is 5.30. The van der Waals surface area contributed by atoms with Crippen molar-refractivity contribution in [3.05, 3.63) is 35.3 Å². The third-order valence-corrected chi connectivity index (χ3v) is 5.70. The SMILES string of the molecule is CC(C)Oc1ccc(-c2nc(C(=O)NCC3CCN(C(C)C)C3)cs2)cc1. The number of thiazole rings is 1. The molecule has 1 unspecified atom stereocenters. The summed E-state index contributed by atoms with van der Waals surface area (Å²) in [6.07, 6.45) is 1.30. The van der Waals surface area contributed by atoms with Gasteiger partial charge in [-0.15, -0.1) is 11.3 Å². The first-order valence-electron chi connectivity index (χ1n) is 9.67. The lowest BCUT2D eigenvalue weighted by atomic mass is 10.1. The van der Waals surface area contributed by atoms with Gasteiger partial charge in [0.1, 0.15) is 16.5 Å². The zero-order valence-electron chi connectivity index (χ0n) is 16.6. The summed E-state index contributed by atoms with van der Waals surface area (Å²) >= 11 is 1.49. The van der Waals surface area contributed by atoms with E-state index in [9.17, 15) is 4.79 Å². The molecule has 6 heteroatoms. The number of ether oxygens (including phenoxy) is 1. The van der Waals surface area contributed by atoms with Gasteiger partial charge in [-0.1, -0.05) is 0 Å². The molecule has 5 nitrogen and oxygen atoms in total. The van der Waals surface area contributed by atoms with Crippen molar-refractivity contribution in [3.63, 3.8) is 0 Å². The number of nitrogens with one attached hydrogen (secondary N) is 1. The van der Waals surface area contributed by atoms with Crippen LogP contribution in [0.4, 0.5) is 0 Å². The molecule has 1 aliphatic rings. The van der Waals surface area contributed by atoms with Gasteiger partial charge >= 0.3 is 0 Å². The van der Waals surface area contributed by atoms with E-state index in [-0.39, 0.29) is 12.0 Å². The first-order chi connectivity index (χ1) is 12.9. The van der Waals surface area contributed by atoms with Gasteiger partial charge in [0.25, 0.3) is 5.91 Å². The van der Waals surface area contributed by atoms with Crippen molar-refractivity contribution in [2.24, 2.45) is 5.92 Å². The molecule has 0 radical (unpaired) electrons. The number of carbonyl (C=O) groups excluding carboxylic acids is 1. The molecule has 1 aliphatic heterocycles. The number of nitrogens with zero attached hydrogens (tertiary/aromatic N) is 2. The second-order valence-electron chi connectivity index (χ2n) is 7.68. The highest BCUT2D eigenvalue weighted by Crippen LogP contribution is 2.26. The molecule has 0 aliphatic carbocycles. The Hall–Kier alpha value is -1.92. The Balaban J connectivity index is 1.55. The average molecular weight is 388 g/mol. The topological polar surface area (TPSA) is 54.5 Å². The van der Waals surface area contributed by atoms with Crippen LogP contribution in [0.25, 0.3) is 10.6 Å². The monoisotopic (exact) mass is 387 g/mol. The number of benzene rings is 1. The first-order valence-corrected chi connectivity index (χ1v) is 10.5. The van der Waals surface area contributed by atoms with Gasteiger partial charge in [0.2, 0.25) is 0 Å². The molecule has 146 valence electrons. The van der Waals surface area contributed by atoms with E-state index in [2.05, 4.69) is 29.0 Å². The van der Waals surface area contributed by atoms with Crippen LogP contribution in [0.15, 0.2) is 29.6 Å². The molecular weight excluding hydrogens is 358 g/mol. The van der Waals surface area contributed by atoms with Gasteiger partial charge < -0.3 is 15.0 Å². The zero-order chi connectivity index (χ0) is 19.4. The Morgan fingerprint density at radius 2 is 2.04 bits per heavy atom. The van der Waals surface area contributed by atoms with Gasteiger partial charge in [0, 0.05) is 30.1 Å². The minimum absolute atomic E-state index is 0.0831. The Morgan fingerprint density at radius 3 is 2.67 bits per heavy atom. The van der Waals surface area contributed by atoms with E-state index in [0.29, 0.717) is 17.7 Å². The van der Waals surface area contributed by atoms with Gasteiger partial charge in [0.05, 0.1) is 6.10 Å². The van der Waals surface area contributed by atoms with Crippen LogP contribution in [-0.2, 0) is 0 Å². The van der Waals surface area contributed by atoms with Gasteiger partial charge in [-0.25, -0.2) is 4.98 Å². The normalized spacial score (nSPS) is 17.6. The molecule has 1 atom stereocenters. The Morgan fingerprint density at radius 1 is 1.30 bits per heavy atom. The number of carbonyl (C=O) groups is 1. The molecule has 27 heavy (non-hydrogen) atoms. The largest absolute Gasteiger partial charge is 0.491 e. The molecule has 3 rings (SSSR count). The number of rotatable bonds is 7. The van der Waals surface area contributed by atoms with Gasteiger partial charge in [-0.2, -0.15) is 0 Å². The van der Waals surface area contributed by atoms with Crippen molar-refractivity contribution in [2.75, 3.05) is 19.6 Å². The van der Waals surface area contributed by atoms with E-state index in [1.165, 1.54) is 11.3 Å².